The lowest BCUT2D eigenvalue weighted by atomic mass is 10.0. The Morgan fingerprint density at radius 2 is 1.88 bits per heavy atom. The molecule has 0 unspecified atom stereocenters. The molecule has 130 valence electrons. The predicted octanol–water partition coefficient (Wildman–Crippen LogP) is 2.83. The number of rotatable bonds is 5. The van der Waals surface area contributed by atoms with Crippen molar-refractivity contribution in [2.24, 2.45) is 5.41 Å². The minimum atomic E-state index is -3.58. The van der Waals surface area contributed by atoms with Crippen LogP contribution >= 0.6 is 0 Å². The van der Waals surface area contributed by atoms with Crippen LogP contribution in [0.15, 0.2) is 30.3 Å². The standard InChI is InChI=1S/C18H23NO4S/c1-5-11-24(21,22)15-14(13-9-7-6-8-10-13)18(15,12-19)16(20)23-17(2,3)4/h6-10,14-15H,5,11H2,1-4H3/t14-,15-,18-/m0/s1. The summed E-state index contributed by atoms with van der Waals surface area (Å²) >= 11 is 0. The molecule has 3 atom stereocenters. The lowest BCUT2D eigenvalue weighted by Gasteiger charge is -2.22. The summed E-state index contributed by atoms with van der Waals surface area (Å²) in [5.41, 5.74) is -1.78. The van der Waals surface area contributed by atoms with Gasteiger partial charge >= 0.3 is 5.97 Å². The fraction of sp³-hybridized carbons (Fsp3) is 0.556. The largest absolute Gasteiger partial charge is 0.459 e. The van der Waals surface area contributed by atoms with E-state index in [1.165, 1.54) is 0 Å². The van der Waals surface area contributed by atoms with Crippen molar-refractivity contribution in [2.75, 3.05) is 5.75 Å². The van der Waals surface area contributed by atoms with E-state index in [9.17, 15) is 18.5 Å². The van der Waals surface area contributed by atoms with Crippen molar-refractivity contribution in [3.05, 3.63) is 35.9 Å². The number of hydrogen-bond donors (Lipinski definition) is 0. The zero-order chi connectivity index (χ0) is 18.2. The molecular formula is C18H23NO4S. The number of esters is 1. The smallest absolute Gasteiger partial charge is 0.329 e. The Labute approximate surface area is 143 Å². The molecule has 1 aliphatic rings. The highest BCUT2D eigenvalue weighted by atomic mass is 32.2. The van der Waals surface area contributed by atoms with Crippen molar-refractivity contribution in [1.29, 1.82) is 5.26 Å². The van der Waals surface area contributed by atoms with Gasteiger partial charge < -0.3 is 4.74 Å². The molecule has 0 amide bonds. The van der Waals surface area contributed by atoms with E-state index in [-0.39, 0.29) is 5.75 Å². The lowest BCUT2D eigenvalue weighted by Crippen LogP contribution is -2.32. The Hall–Kier alpha value is -1.87. The maximum absolute atomic E-state index is 12.7. The second-order valence-electron chi connectivity index (χ2n) is 7.16. The van der Waals surface area contributed by atoms with Gasteiger partial charge in [0, 0.05) is 5.92 Å². The number of hydrogen-bond acceptors (Lipinski definition) is 5. The second-order valence-corrected chi connectivity index (χ2v) is 9.40. The van der Waals surface area contributed by atoms with Gasteiger partial charge in [0.05, 0.1) is 11.8 Å². The molecule has 1 aromatic rings. The molecule has 5 nitrogen and oxygen atoms in total. The van der Waals surface area contributed by atoms with Gasteiger partial charge in [-0.1, -0.05) is 37.3 Å². The Bertz CT molecular complexity index is 758. The SMILES string of the molecule is CCCS(=O)(=O)[C@H]1[C@H](c2ccccc2)[C@]1(C#N)C(=O)OC(C)(C)C. The Morgan fingerprint density at radius 3 is 2.33 bits per heavy atom. The minimum Gasteiger partial charge on any atom is -0.459 e. The first-order chi connectivity index (χ1) is 11.1. The van der Waals surface area contributed by atoms with Crippen LogP contribution in [0.25, 0.3) is 0 Å². The van der Waals surface area contributed by atoms with Gasteiger partial charge in [0.1, 0.15) is 10.9 Å². The van der Waals surface area contributed by atoms with Crippen LogP contribution in [-0.2, 0) is 19.4 Å². The second kappa shape index (κ2) is 6.21. The highest BCUT2D eigenvalue weighted by Gasteiger charge is 2.77. The summed E-state index contributed by atoms with van der Waals surface area (Å²) in [5, 5.41) is 8.69. The Balaban J connectivity index is 2.51. The third-order valence-corrected chi connectivity index (χ3v) is 6.48. The lowest BCUT2D eigenvalue weighted by molar-refractivity contribution is -0.159. The van der Waals surface area contributed by atoms with Crippen molar-refractivity contribution in [1.82, 2.24) is 0 Å². The highest BCUT2D eigenvalue weighted by molar-refractivity contribution is 7.92. The van der Waals surface area contributed by atoms with Crippen LogP contribution in [0.3, 0.4) is 0 Å². The summed E-state index contributed by atoms with van der Waals surface area (Å²) in [6.07, 6.45) is 0.441. The summed E-state index contributed by atoms with van der Waals surface area (Å²) < 4.78 is 30.7. The first-order valence-corrected chi connectivity index (χ1v) is 9.73. The van der Waals surface area contributed by atoms with E-state index >= 15 is 0 Å². The van der Waals surface area contributed by atoms with E-state index in [0.29, 0.717) is 12.0 Å². The molecule has 0 N–H and O–H groups in total. The number of nitriles is 1. The number of nitrogens with zero attached hydrogens (tertiary/aromatic N) is 1. The minimum absolute atomic E-state index is 0.0484. The number of sulfone groups is 1. The maximum Gasteiger partial charge on any atom is 0.329 e. The third kappa shape index (κ3) is 3.18. The molecule has 24 heavy (non-hydrogen) atoms. The van der Waals surface area contributed by atoms with Crippen LogP contribution in [0.2, 0.25) is 0 Å². The number of carbonyl (C=O) groups is 1. The van der Waals surface area contributed by atoms with Crippen LogP contribution in [0.1, 0.15) is 45.6 Å². The number of carbonyl (C=O) groups excluding carboxylic acids is 1. The van der Waals surface area contributed by atoms with Crippen molar-refractivity contribution in [3.63, 3.8) is 0 Å². The Morgan fingerprint density at radius 1 is 1.29 bits per heavy atom. The van der Waals surface area contributed by atoms with Gasteiger partial charge in [0.2, 0.25) is 0 Å². The van der Waals surface area contributed by atoms with E-state index in [1.54, 1.807) is 52.0 Å². The zero-order valence-corrected chi connectivity index (χ0v) is 15.3. The zero-order valence-electron chi connectivity index (χ0n) is 14.4. The Kier molecular flexibility index (Phi) is 4.78. The molecule has 1 aliphatic carbocycles. The monoisotopic (exact) mass is 349 g/mol. The molecule has 0 radical (unpaired) electrons. The molecule has 0 saturated heterocycles. The van der Waals surface area contributed by atoms with E-state index in [0.717, 1.165) is 0 Å². The van der Waals surface area contributed by atoms with Gasteiger partial charge in [0.25, 0.3) is 0 Å². The number of benzene rings is 1. The molecule has 2 rings (SSSR count). The van der Waals surface area contributed by atoms with E-state index in [4.69, 9.17) is 4.74 Å². The van der Waals surface area contributed by atoms with E-state index in [1.807, 2.05) is 12.1 Å². The average molecular weight is 349 g/mol. The molecule has 0 aromatic heterocycles. The number of ether oxygens (including phenoxy) is 1. The molecule has 0 bridgehead atoms. The molecule has 1 fully saturated rings. The van der Waals surface area contributed by atoms with Crippen LogP contribution in [0.5, 0.6) is 0 Å². The van der Waals surface area contributed by atoms with Gasteiger partial charge in [-0.05, 0) is 32.8 Å². The van der Waals surface area contributed by atoms with Crippen molar-refractivity contribution < 1.29 is 17.9 Å². The molecular weight excluding hydrogens is 326 g/mol. The van der Waals surface area contributed by atoms with Crippen molar-refractivity contribution >= 4 is 15.8 Å². The molecule has 0 heterocycles. The van der Waals surface area contributed by atoms with Gasteiger partial charge in [-0.3, -0.25) is 4.79 Å². The van der Waals surface area contributed by atoms with Gasteiger partial charge in [-0.2, -0.15) is 5.26 Å². The molecule has 0 spiro atoms. The summed E-state index contributed by atoms with van der Waals surface area (Å²) in [5.74, 6) is -1.49. The highest BCUT2D eigenvalue weighted by Crippen LogP contribution is 2.63. The first kappa shape index (κ1) is 18.5. The first-order valence-electron chi connectivity index (χ1n) is 8.01. The average Bonchev–Trinajstić information content (AvgIpc) is 3.18. The fourth-order valence-corrected chi connectivity index (χ4v) is 5.53. The van der Waals surface area contributed by atoms with E-state index in [2.05, 4.69) is 0 Å². The van der Waals surface area contributed by atoms with Crippen molar-refractivity contribution in [2.45, 2.75) is 50.9 Å². The van der Waals surface area contributed by atoms with Gasteiger partial charge in [-0.15, -0.1) is 0 Å². The van der Waals surface area contributed by atoms with Gasteiger partial charge in [0.15, 0.2) is 15.3 Å². The van der Waals surface area contributed by atoms with Crippen molar-refractivity contribution in [3.8, 4) is 6.07 Å². The van der Waals surface area contributed by atoms with E-state index < -0.39 is 38.0 Å². The van der Waals surface area contributed by atoms with Crippen LogP contribution in [0, 0.1) is 16.7 Å². The summed E-state index contributed by atoms with van der Waals surface area (Å²) in [6, 6.07) is 10.8. The predicted molar refractivity (Wildman–Crippen MR) is 90.9 cm³/mol. The molecule has 0 aliphatic heterocycles. The normalized spacial score (nSPS) is 26.5. The molecule has 6 heteroatoms. The summed E-state index contributed by atoms with van der Waals surface area (Å²) in [6.45, 7) is 6.86. The van der Waals surface area contributed by atoms with Crippen LogP contribution in [0.4, 0.5) is 0 Å². The molecule has 1 saturated carbocycles. The fourth-order valence-electron chi connectivity index (χ4n) is 3.14. The summed E-state index contributed by atoms with van der Waals surface area (Å²) in [4.78, 5) is 12.7. The van der Waals surface area contributed by atoms with Gasteiger partial charge in [-0.25, -0.2) is 8.42 Å². The quantitative estimate of drug-likeness (QED) is 0.763. The third-order valence-electron chi connectivity index (χ3n) is 4.09. The maximum atomic E-state index is 12.7. The topological polar surface area (TPSA) is 84.2 Å². The molecule has 1 aromatic carbocycles. The van der Waals surface area contributed by atoms with Crippen LogP contribution < -0.4 is 0 Å². The van der Waals surface area contributed by atoms with Crippen LogP contribution in [-0.4, -0.2) is 31.0 Å². The summed E-state index contributed by atoms with van der Waals surface area (Å²) in [7, 11) is -3.58.